The zero-order valence-electron chi connectivity index (χ0n) is 15.2. The summed E-state index contributed by atoms with van der Waals surface area (Å²) < 4.78 is 0. The maximum Gasteiger partial charge on any atom is 0.258 e. The molecule has 0 aromatic heterocycles. The topological polar surface area (TPSA) is 46.2 Å². The van der Waals surface area contributed by atoms with E-state index < -0.39 is 11.7 Å². The number of aryl methyl sites for hydroxylation is 1. The van der Waals surface area contributed by atoms with Crippen molar-refractivity contribution in [3.05, 3.63) is 96.9 Å². The fourth-order valence-electron chi connectivity index (χ4n) is 2.89. The van der Waals surface area contributed by atoms with Crippen molar-refractivity contribution in [1.82, 2.24) is 0 Å². The summed E-state index contributed by atoms with van der Waals surface area (Å²) in [7, 11) is 0. The molecule has 0 aliphatic rings. The van der Waals surface area contributed by atoms with Gasteiger partial charge in [-0.3, -0.25) is 9.59 Å². The first kappa shape index (κ1) is 21.7. The Morgan fingerprint density at radius 2 is 1.41 bits per heavy atom. The molecule has 0 saturated heterocycles. The van der Waals surface area contributed by atoms with Crippen LogP contribution in [0.25, 0.3) is 0 Å². The Labute approximate surface area is 188 Å². The Balaban J connectivity index is 2.07. The summed E-state index contributed by atoms with van der Waals surface area (Å²) in [5, 5.41) is 2.37. The summed E-state index contributed by atoms with van der Waals surface area (Å²) in [6, 6.07) is 16.3. The van der Waals surface area contributed by atoms with E-state index in [-0.39, 0.29) is 37.6 Å². The third-order valence-electron chi connectivity index (χ3n) is 4.26. The van der Waals surface area contributed by atoms with Gasteiger partial charge in [0.25, 0.3) is 5.91 Å². The van der Waals surface area contributed by atoms with E-state index in [1.807, 2.05) is 31.2 Å². The number of carbonyl (C=O) groups is 2. The number of Topliss-reactive ketones (excluding diaryl/α,β-unsaturated/α-hetero) is 1. The lowest BCUT2D eigenvalue weighted by atomic mass is 9.97. The molecule has 0 spiro atoms. The minimum atomic E-state index is -0.600. The SMILES string of the molecule is Cc1cccc(NC(=O)c2c(Cl)c(Cl)c(Cl)c(Cl)c2C(=O)Cc2ccccc2)c1. The van der Waals surface area contributed by atoms with Crippen LogP contribution in [0.2, 0.25) is 20.1 Å². The van der Waals surface area contributed by atoms with E-state index in [0.29, 0.717) is 5.69 Å². The van der Waals surface area contributed by atoms with Gasteiger partial charge in [-0.1, -0.05) is 88.9 Å². The molecule has 148 valence electrons. The van der Waals surface area contributed by atoms with Crippen LogP contribution in [0.5, 0.6) is 0 Å². The Kier molecular flexibility index (Phi) is 6.86. The predicted molar refractivity (Wildman–Crippen MR) is 120 cm³/mol. The number of benzene rings is 3. The van der Waals surface area contributed by atoms with Crippen molar-refractivity contribution in [3.8, 4) is 0 Å². The van der Waals surface area contributed by atoms with Gasteiger partial charge in [0, 0.05) is 12.1 Å². The van der Waals surface area contributed by atoms with Gasteiger partial charge in [0.2, 0.25) is 0 Å². The molecule has 3 rings (SSSR count). The molecule has 1 N–H and O–H groups in total. The Morgan fingerprint density at radius 3 is 2.03 bits per heavy atom. The number of rotatable bonds is 5. The second-order valence-corrected chi connectivity index (χ2v) is 7.93. The number of anilines is 1. The van der Waals surface area contributed by atoms with Crippen LogP contribution in [-0.4, -0.2) is 11.7 Å². The highest BCUT2D eigenvalue weighted by molar-refractivity contribution is 6.54. The van der Waals surface area contributed by atoms with Crippen LogP contribution in [0.3, 0.4) is 0 Å². The van der Waals surface area contributed by atoms with Crippen LogP contribution < -0.4 is 5.32 Å². The van der Waals surface area contributed by atoms with Crippen molar-refractivity contribution in [1.29, 1.82) is 0 Å². The summed E-state index contributed by atoms with van der Waals surface area (Å²) in [6.45, 7) is 1.90. The van der Waals surface area contributed by atoms with Crippen molar-refractivity contribution in [2.24, 2.45) is 0 Å². The van der Waals surface area contributed by atoms with E-state index in [2.05, 4.69) is 5.32 Å². The van der Waals surface area contributed by atoms with Crippen LogP contribution in [0.4, 0.5) is 5.69 Å². The van der Waals surface area contributed by atoms with E-state index in [1.165, 1.54) is 0 Å². The molecule has 0 unspecified atom stereocenters. The average molecular weight is 467 g/mol. The number of nitrogens with one attached hydrogen (secondary N) is 1. The van der Waals surface area contributed by atoms with Crippen molar-refractivity contribution in [2.45, 2.75) is 13.3 Å². The predicted octanol–water partition coefficient (Wildman–Crippen LogP) is 7.29. The molecule has 0 saturated carbocycles. The zero-order valence-corrected chi connectivity index (χ0v) is 18.3. The summed E-state index contributed by atoms with van der Waals surface area (Å²) in [6.07, 6.45) is 0.0274. The third kappa shape index (κ3) is 4.76. The molecule has 0 radical (unpaired) electrons. The van der Waals surface area contributed by atoms with E-state index in [0.717, 1.165) is 11.1 Å². The van der Waals surface area contributed by atoms with Crippen molar-refractivity contribution in [3.63, 3.8) is 0 Å². The molecule has 29 heavy (non-hydrogen) atoms. The van der Waals surface area contributed by atoms with Gasteiger partial charge in [0.1, 0.15) is 0 Å². The van der Waals surface area contributed by atoms with Crippen molar-refractivity contribution < 1.29 is 9.59 Å². The lowest BCUT2D eigenvalue weighted by molar-refractivity contribution is 0.0972. The number of amides is 1. The van der Waals surface area contributed by atoms with Crippen LogP contribution in [0.1, 0.15) is 31.8 Å². The Bertz CT molecular complexity index is 1100. The lowest BCUT2D eigenvalue weighted by Gasteiger charge is -2.16. The molecule has 0 aliphatic heterocycles. The maximum atomic E-state index is 13.1. The van der Waals surface area contributed by atoms with Crippen LogP contribution in [-0.2, 0) is 6.42 Å². The largest absolute Gasteiger partial charge is 0.322 e. The van der Waals surface area contributed by atoms with Crippen molar-refractivity contribution >= 4 is 63.8 Å². The molecule has 7 heteroatoms. The molecule has 0 atom stereocenters. The van der Waals surface area contributed by atoms with Crippen LogP contribution in [0, 0.1) is 6.92 Å². The van der Waals surface area contributed by atoms with Gasteiger partial charge in [0.15, 0.2) is 5.78 Å². The summed E-state index contributed by atoms with van der Waals surface area (Å²) in [5.74, 6) is -0.992. The number of carbonyl (C=O) groups excluding carboxylic acids is 2. The molecule has 3 nitrogen and oxygen atoms in total. The number of ketones is 1. The van der Waals surface area contributed by atoms with Crippen LogP contribution in [0.15, 0.2) is 54.6 Å². The minimum Gasteiger partial charge on any atom is -0.322 e. The van der Waals surface area contributed by atoms with Gasteiger partial charge in [-0.05, 0) is 30.2 Å². The van der Waals surface area contributed by atoms with Gasteiger partial charge in [0.05, 0.1) is 31.2 Å². The van der Waals surface area contributed by atoms with E-state index >= 15 is 0 Å². The molecule has 3 aromatic carbocycles. The van der Waals surface area contributed by atoms with E-state index in [4.69, 9.17) is 46.4 Å². The van der Waals surface area contributed by atoms with Gasteiger partial charge in [-0.2, -0.15) is 0 Å². The number of hydrogen-bond donors (Lipinski definition) is 1. The first-order valence-electron chi connectivity index (χ1n) is 8.60. The molecular weight excluding hydrogens is 452 g/mol. The van der Waals surface area contributed by atoms with E-state index in [1.54, 1.807) is 30.3 Å². The normalized spacial score (nSPS) is 10.7. The summed E-state index contributed by atoms with van der Waals surface area (Å²) in [5.41, 5.74) is 2.12. The highest BCUT2D eigenvalue weighted by atomic mass is 35.5. The molecule has 0 heterocycles. The molecule has 0 aliphatic carbocycles. The van der Waals surface area contributed by atoms with Gasteiger partial charge in [-0.15, -0.1) is 0 Å². The second kappa shape index (κ2) is 9.19. The molecule has 1 amide bonds. The van der Waals surface area contributed by atoms with Gasteiger partial charge in [-0.25, -0.2) is 0 Å². The Hall–Kier alpha value is -2.04. The minimum absolute atomic E-state index is 0.0274. The van der Waals surface area contributed by atoms with Crippen molar-refractivity contribution in [2.75, 3.05) is 5.32 Å². The lowest BCUT2D eigenvalue weighted by Crippen LogP contribution is -2.19. The highest BCUT2D eigenvalue weighted by Crippen LogP contribution is 2.42. The summed E-state index contributed by atoms with van der Waals surface area (Å²) in [4.78, 5) is 26.1. The second-order valence-electron chi connectivity index (χ2n) is 6.42. The smallest absolute Gasteiger partial charge is 0.258 e. The Morgan fingerprint density at radius 1 is 0.793 bits per heavy atom. The maximum absolute atomic E-state index is 13.1. The first-order valence-corrected chi connectivity index (χ1v) is 10.1. The monoisotopic (exact) mass is 465 g/mol. The molecule has 0 fully saturated rings. The van der Waals surface area contributed by atoms with Gasteiger partial charge >= 0.3 is 0 Å². The standard InChI is InChI=1S/C22H15Cl4NO2/c1-12-6-5-9-14(10-12)27-22(29)17-16(18(23)20(25)21(26)19(17)24)15(28)11-13-7-3-2-4-8-13/h2-10H,11H2,1H3,(H,27,29). The first-order chi connectivity index (χ1) is 13.8. The fraction of sp³-hybridized carbons (Fsp3) is 0.0909. The average Bonchev–Trinajstić information content (AvgIpc) is 2.69. The molecule has 3 aromatic rings. The molecular formula is C22H15Cl4NO2. The highest BCUT2D eigenvalue weighted by Gasteiger charge is 2.29. The fourth-order valence-corrected chi connectivity index (χ4v) is 3.94. The third-order valence-corrected chi connectivity index (χ3v) is 6.06. The van der Waals surface area contributed by atoms with Crippen LogP contribution >= 0.6 is 46.4 Å². The quantitative estimate of drug-likeness (QED) is 0.244. The number of hydrogen-bond acceptors (Lipinski definition) is 2. The zero-order chi connectivity index (χ0) is 21.1. The molecule has 0 bridgehead atoms. The van der Waals surface area contributed by atoms with Gasteiger partial charge < -0.3 is 5.32 Å². The van der Waals surface area contributed by atoms with E-state index in [9.17, 15) is 9.59 Å². The number of halogens is 4. The summed E-state index contributed by atoms with van der Waals surface area (Å²) >= 11 is 25.0.